The van der Waals surface area contributed by atoms with Crippen LogP contribution in [-0.2, 0) is 20.6 Å². The molecule has 0 aliphatic heterocycles. The monoisotopic (exact) mass is 275 g/mol. The topological polar surface area (TPSA) is 76.3 Å². The summed E-state index contributed by atoms with van der Waals surface area (Å²) in [4.78, 5) is 23.6. The van der Waals surface area contributed by atoms with E-state index in [0.29, 0.717) is 12.1 Å². The van der Waals surface area contributed by atoms with E-state index in [-0.39, 0.29) is 17.0 Å². The van der Waals surface area contributed by atoms with Gasteiger partial charge in [-0.05, 0) is 30.7 Å². The normalized spacial score (nSPS) is 10.6. The van der Waals surface area contributed by atoms with E-state index in [1.54, 1.807) is 25.2 Å². The van der Waals surface area contributed by atoms with E-state index in [0.717, 1.165) is 15.8 Å². The number of hydrogen-bond donors (Lipinski definition) is 2. The Kier molecular flexibility index (Phi) is 3.65. The van der Waals surface area contributed by atoms with Crippen molar-refractivity contribution in [2.24, 2.45) is 14.1 Å². The molecular formula is C14H17N3O3. The van der Waals surface area contributed by atoms with Gasteiger partial charge in [-0.15, -0.1) is 0 Å². The molecule has 0 atom stereocenters. The zero-order valence-electron chi connectivity index (χ0n) is 11.7. The lowest BCUT2D eigenvalue weighted by molar-refractivity contribution is 0.475. The molecule has 0 amide bonds. The fraction of sp³-hybridized carbons (Fsp3) is 0.286. The van der Waals surface area contributed by atoms with Gasteiger partial charge in [-0.3, -0.25) is 9.36 Å². The molecule has 2 aromatic rings. The van der Waals surface area contributed by atoms with E-state index in [1.807, 2.05) is 6.92 Å². The summed E-state index contributed by atoms with van der Waals surface area (Å²) in [7, 11) is 3.07. The fourth-order valence-electron chi connectivity index (χ4n) is 2.04. The van der Waals surface area contributed by atoms with Crippen LogP contribution in [-0.4, -0.2) is 14.2 Å². The maximum atomic E-state index is 12.0. The smallest absolute Gasteiger partial charge is 0.330 e. The molecule has 0 aliphatic rings. The van der Waals surface area contributed by atoms with Crippen molar-refractivity contribution in [3.8, 4) is 5.75 Å². The first kappa shape index (κ1) is 13.9. The number of hydrogen-bond acceptors (Lipinski definition) is 4. The second-order valence-electron chi connectivity index (χ2n) is 4.76. The average molecular weight is 275 g/mol. The van der Waals surface area contributed by atoms with Gasteiger partial charge in [0.15, 0.2) is 0 Å². The maximum Gasteiger partial charge on any atom is 0.330 e. The van der Waals surface area contributed by atoms with Crippen molar-refractivity contribution >= 4 is 5.69 Å². The number of aromatic hydroxyl groups is 1. The van der Waals surface area contributed by atoms with Gasteiger partial charge in [0.05, 0.1) is 5.56 Å². The van der Waals surface area contributed by atoms with Crippen molar-refractivity contribution in [3.05, 3.63) is 56.4 Å². The Morgan fingerprint density at radius 1 is 1.25 bits per heavy atom. The van der Waals surface area contributed by atoms with Crippen LogP contribution in [0.15, 0.2) is 34.0 Å². The molecule has 106 valence electrons. The molecule has 0 fully saturated rings. The Morgan fingerprint density at radius 3 is 2.60 bits per heavy atom. The molecule has 2 rings (SSSR count). The average Bonchev–Trinajstić information content (AvgIpc) is 2.40. The van der Waals surface area contributed by atoms with Crippen LogP contribution >= 0.6 is 0 Å². The predicted octanol–water partition coefficient (Wildman–Crippen LogP) is 0.710. The molecule has 1 aromatic heterocycles. The number of phenolic OH excluding ortho intramolecular Hbond substituents is 1. The van der Waals surface area contributed by atoms with Gasteiger partial charge in [0, 0.05) is 32.5 Å². The summed E-state index contributed by atoms with van der Waals surface area (Å²) in [6, 6.07) is 4.96. The fourth-order valence-corrected chi connectivity index (χ4v) is 2.04. The molecular weight excluding hydrogens is 258 g/mol. The molecule has 0 unspecified atom stereocenters. The highest BCUT2D eigenvalue weighted by atomic mass is 16.3. The quantitative estimate of drug-likeness (QED) is 0.809. The maximum absolute atomic E-state index is 12.0. The lowest BCUT2D eigenvalue weighted by Gasteiger charge is -2.11. The van der Waals surface area contributed by atoms with Gasteiger partial charge < -0.3 is 15.0 Å². The zero-order valence-corrected chi connectivity index (χ0v) is 11.7. The second-order valence-corrected chi connectivity index (χ2v) is 4.76. The first-order valence-electron chi connectivity index (χ1n) is 6.19. The molecule has 0 saturated carbocycles. The molecule has 0 aliphatic carbocycles. The predicted molar refractivity (Wildman–Crippen MR) is 77.1 cm³/mol. The number of rotatable bonds is 3. The van der Waals surface area contributed by atoms with Gasteiger partial charge in [-0.2, -0.15) is 0 Å². The molecule has 20 heavy (non-hydrogen) atoms. The molecule has 1 aromatic carbocycles. The van der Waals surface area contributed by atoms with Crippen LogP contribution in [0.5, 0.6) is 5.75 Å². The first-order valence-corrected chi connectivity index (χ1v) is 6.19. The summed E-state index contributed by atoms with van der Waals surface area (Å²) in [6.45, 7) is 2.17. The number of benzene rings is 1. The molecule has 0 saturated heterocycles. The van der Waals surface area contributed by atoms with Gasteiger partial charge in [-0.1, -0.05) is 0 Å². The Labute approximate surface area is 115 Å². The minimum absolute atomic E-state index is 0.200. The standard InChI is InChI=1S/C14H17N3O3/c1-9-6-11(18)4-5-12(9)15-7-10-8-16(2)14(20)17(3)13(10)19/h4-6,8,15,18H,7H2,1-3H3. The number of anilines is 1. The minimum Gasteiger partial charge on any atom is -0.508 e. The van der Waals surface area contributed by atoms with Crippen molar-refractivity contribution in [1.29, 1.82) is 0 Å². The van der Waals surface area contributed by atoms with E-state index in [1.165, 1.54) is 17.8 Å². The molecule has 2 N–H and O–H groups in total. The van der Waals surface area contributed by atoms with Crippen LogP contribution in [0.1, 0.15) is 11.1 Å². The van der Waals surface area contributed by atoms with Crippen LogP contribution < -0.4 is 16.6 Å². The van der Waals surface area contributed by atoms with Gasteiger partial charge in [0.1, 0.15) is 5.75 Å². The van der Waals surface area contributed by atoms with Crippen molar-refractivity contribution in [3.63, 3.8) is 0 Å². The largest absolute Gasteiger partial charge is 0.508 e. The third kappa shape index (κ3) is 2.59. The Bertz CT molecular complexity index is 759. The van der Waals surface area contributed by atoms with E-state index >= 15 is 0 Å². The van der Waals surface area contributed by atoms with Crippen molar-refractivity contribution < 1.29 is 5.11 Å². The second kappa shape index (κ2) is 5.24. The van der Waals surface area contributed by atoms with Gasteiger partial charge in [0.25, 0.3) is 5.56 Å². The van der Waals surface area contributed by atoms with Crippen molar-refractivity contribution in [2.75, 3.05) is 5.32 Å². The van der Waals surface area contributed by atoms with Crippen LogP contribution in [0.2, 0.25) is 0 Å². The summed E-state index contributed by atoms with van der Waals surface area (Å²) in [5.41, 5.74) is 1.56. The van der Waals surface area contributed by atoms with E-state index in [9.17, 15) is 14.7 Å². The Hall–Kier alpha value is -2.50. The summed E-state index contributed by atoms with van der Waals surface area (Å²) >= 11 is 0. The molecule has 6 heteroatoms. The zero-order chi connectivity index (χ0) is 14.9. The van der Waals surface area contributed by atoms with Crippen LogP contribution in [0, 0.1) is 6.92 Å². The van der Waals surface area contributed by atoms with Crippen LogP contribution in [0.3, 0.4) is 0 Å². The number of nitrogens with one attached hydrogen (secondary N) is 1. The highest BCUT2D eigenvalue weighted by molar-refractivity contribution is 5.53. The molecule has 0 radical (unpaired) electrons. The van der Waals surface area contributed by atoms with Crippen LogP contribution in [0.25, 0.3) is 0 Å². The van der Waals surface area contributed by atoms with Gasteiger partial charge in [-0.25, -0.2) is 4.79 Å². The minimum atomic E-state index is -0.348. The highest BCUT2D eigenvalue weighted by Gasteiger charge is 2.07. The highest BCUT2D eigenvalue weighted by Crippen LogP contribution is 2.20. The van der Waals surface area contributed by atoms with Gasteiger partial charge >= 0.3 is 5.69 Å². The Morgan fingerprint density at radius 2 is 1.95 bits per heavy atom. The van der Waals surface area contributed by atoms with E-state index in [4.69, 9.17) is 0 Å². The first-order chi connectivity index (χ1) is 9.40. The third-order valence-corrected chi connectivity index (χ3v) is 3.20. The summed E-state index contributed by atoms with van der Waals surface area (Å²) in [6.07, 6.45) is 1.54. The number of aromatic nitrogens is 2. The molecule has 0 spiro atoms. The summed E-state index contributed by atoms with van der Waals surface area (Å²) in [5.74, 6) is 0.200. The Balaban J connectivity index is 2.28. The number of phenols is 1. The molecule has 1 heterocycles. The molecule has 0 bridgehead atoms. The van der Waals surface area contributed by atoms with Crippen molar-refractivity contribution in [2.45, 2.75) is 13.5 Å². The SMILES string of the molecule is Cc1cc(O)ccc1NCc1cn(C)c(=O)n(C)c1=O. The van der Waals surface area contributed by atoms with Gasteiger partial charge in [0.2, 0.25) is 0 Å². The third-order valence-electron chi connectivity index (χ3n) is 3.20. The molecule has 6 nitrogen and oxygen atoms in total. The summed E-state index contributed by atoms with van der Waals surface area (Å²) in [5, 5.41) is 12.5. The van der Waals surface area contributed by atoms with E-state index in [2.05, 4.69) is 5.32 Å². The summed E-state index contributed by atoms with van der Waals surface area (Å²) < 4.78 is 2.46. The lowest BCUT2D eigenvalue weighted by atomic mass is 10.2. The lowest BCUT2D eigenvalue weighted by Crippen LogP contribution is -2.38. The van der Waals surface area contributed by atoms with Crippen LogP contribution in [0.4, 0.5) is 5.69 Å². The number of nitrogens with zero attached hydrogens (tertiary/aromatic N) is 2. The van der Waals surface area contributed by atoms with Crippen molar-refractivity contribution in [1.82, 2.24) is 9.13 Å². The number of aryl methyl sites for hydroxylation is 2. The van der Waals surface area contributed by atoms with E-state index < -0.39 is 0 Å².